The zero-order valence-corrected chi connectivity index (χ0v) is 11.5. The topological polar surface area (TPSA) is 84.0 Å². The van der Waals surface area contributed by atoms with Crippen LogP contribution in [0.2, 0.25) is 0 Å². The predicted octanol–water partition coefficient (Wildman–Crippen LogP) is 0.406. The highest BCUT2D eigenvalue weighted by Gasteiger charge is 2.25. The standard InChI is InChI=1S/C12H21N5O2/c1-9(2)10-8-17(6-7-19-10)12(18)5-3-4-11-13-15-16-14-11/h9-10H,3-8H2,1-2H3,(H,13,14,15,16). The lowest BCUT2D eigenvalue weighted by Crippen LogP contribution is -2.47. The van der Waals surface area contributed by atoms with Crippen LogP contribution in [0.15, 0.2) is 0 Å². The molecular weight excluding hydrogens is 246 g/mol. The van der Waals surface area contributed by atoms with Crippen LogP contribution in [0.5, 0.6) is 0 Å². The van der Waals surface area contributed by atoms with Crippen molar-refractivity contribution in [2.75, 3.05) is 19.7 Å². The predicted molar refractivity (Wildman–Crippen MR) is 68.3 cm³/mol. The highest BCUT2D eigenvalue weighted by Crippen LogP contribution is 2.14. The van der Waals surface area contributed by atoms with E-state index >= 15 is 0 Å². The second-order valence-electron chi connectivity index (χ2n) is 5.17. The quantitative estimate of drug-likeness (QED) is 0.835. The molecule has 0 bridgehead atoms. The molecular formula is C12H21N5O2. The zero-order chi connectivity index (χ0) is 13.7. The number of rotatable bonds is 5. The maximum absolute atomic E-state index is 12.1. The van der Waals surface area contributed by atoms with E-state index < -0.39 is 0 Å². The molecule has 1 N–H and O–H groups in total. The Morgan fingerprint density at radius 3 is 3.11 bits per heavy atom. The van der Waals surface area contributed by atoms with Crippen LogP contribution in [-0.2, 0) is 16.0 Å². The number of nitrogens with one attached hydrogen (secondary N) is 1. The number of hydrogen-bond acceptors (Lipinski definition) is 5. The molecule has 0 saturated carbocycles. The van der Waals surface area contributed by atoms with Gasteiger partial charge in [-0.1, -0.05) is 19.1 Å². The van der Waals surface area contributed by atoms with Crippen molar-refractivity contribution in [3.63, 3.8) is 0 Å². The first-order valence-electron chi connectivity index (χ1n) is 6.78. The molecule has 0 radical (unpaired) electrons. The van der Waals surface area contributed by atoms with Crippen LogP contribution < -0.4 is 0 Å². The molecule has 1 aliphatic rings. The van der Waals surface area contributed by atoms with Crippen molar-refractivity contribution < 1.29 is 9.53 Å². The molecule has 1 aromatic heterocycles. The van der Waals surface area contributed by atoms with Crippen LogP contribution in [0.25, 0.3) is 0 Å². The van der Waals surface area contributed by atoms with Crippen molar-refractivity contribution in [1.82, 2.24) is 25.5 Å². The molecule has 2 rings (SSSR count). The fourth-order valence-electron chi connectivity index (χ4n) is 2.15. The van der Waals surface area contributed by atoms with Gasteiger partial charge in [-0.05, 0) is 12.3 Å². The second kappa shape index (κ2) is 6.60. The third kappa shape index (κ3) is 3.99. The van der Waals surface area contributed by atoms with Gasteiger partial charge in [0, 0.05) is 25.9 Å². The minimum absolute atomic E-state index is 0.162. The molecule has 106 valence electrons. The number of carbonyl (C=O) groups is 1. The average Bonchev–Trinajstić information content (AvgIpc) is 2.92. The van der Waals surface area contributed by atoms with Crippen molar-refractivity contribution in [3.05, 3.63) is 5.82 Å². The lowest BCUT2D eigenvalue weighted by molar-refractivity contribution is -0.140. The van der Waals surface area contributed by atoms with Gasteiger partial charge in [-0.15, -0.1) is 10.2 Å². The van der Waals surface area contributed by atoms with Crippen molar-refractivity contribution in [3.8, 4) is 0 Å². The summed E-state index contributed by atoms with van der Waals surface area (Å²) < 4.78 is 5.66. The maximum Gasteiger partial charge on any atom is 0.222 e. The number of aromatic nitrogens is 4. The van der Waals surface area contributed by atoms with E-state index in [0.717, 1.165) is 6.42 Å². The Labute approximate surface area is 112 Å². The van der Waals surface area contributed by atoms with Gasteiger partial charge in [-0.25, -0.2) is 0 Å². The summed E-state index contributed by atoms with van der Waals surface area (Å²) in [7, 11) is 0. The number of hydrogen-bond donors (Lipinski definition) is 1. The normalized spacial score (nSPS) is 19.9. The van der Waals surface area contributed by atoms with Gasteiger partial charge in [0.2, 0.25) is 5.91 Å². The summed E-state index contributed by atoms with van der Waals surface area (Å²) in [5.74, 6) is 1.29. The number of carbonyl (C=O) groups excluding carboxylic acids is 1. The number of nitrogens with zero attached hydrogens (tertiary/aromatic N) is 4. The molecule has 1 atom stereocenters. The van der Waals surface area contributed by atoms with Crippen LogP contribution in [0.3, 0.4) is 0 Å². The van der Waals surface area contributed by atoms with Crippen molar-refractivity contribution in [1.29, 1.82) is 0 Å². The monoisotopic (exact) mass is 267 g/mol. The molecule has 0 aliphatic carbocycles. The summed E-state index contributed by atoms with van der Waals surface area (Å²) in [5.41, 5.74) is 0. The summed E-state index contributed by atoms with van der Waals surface area (Å²) >= 11 is 0. The molecule has 1 aliphatic heterocycles. The first kappa shape index (κ1) is 13.9. The molecule has 0 aromatic carbocycles. The Morgan fingerprint density at radius 2 is 2.42 bits per heavy atom. The molecule has 1 amide bonds. The Balaban J connectivity index is 1.73. The van der Waals surface area contributed by atoms with Crippen LogP contribution >= 0.6 is 0 Å². The van der Waals surface area contributed by atoms with Crippen LogP contribution in [0.1, 0.15) is 32.5 Å². The van der Waals surface area contributed by atoms with E-state index in [-0.39, 0.29) is 12.0 Å². The van der Waals surface area contributed by atoms with E-state index in [4.69, 9.17) is 4.74 Å². The smallest absolute Gasteiger partial charge is 0.222 e. The number of aryl methyl sites for hydroxylation is 1. The molecule has 7 heteroatoms. The SMILES string of the molecule is CC(C)C1CN(C(=O)CCCc2nn[nH]n2)CCO1. The Kier molecular flexibility index (Phi) is 4.84. The molecule has 1 aromatic rings. The Bertz CT molecular complexity index is 393. The van der Waals surface area contributed by atoms with Crippen molar-refractivity contribution >= 4 is 5.91 Å². The lowest BCUT2D eigenvalue weighted by Gasteiger charge is -2.35. The van der Waals surface area contributed by atoms with Gasteiger partial charge < -0.3 is 9.64 Å². The van der Waals surface area contributed by atoms with E-state index in [0.29, 0.717) is 44.3 Å². The highest BCUT2D eigenvalue weighted by atomic mass is 16.5. The fraction of sp³-hybridized carbons (Fsp3) is 0.833. The second-order valence-corrected chi connectivity index (χ2v) is 5.17. The molecule has 2 heterocycles. The number of aromatic amines is 1. The average molecular weight is 267 g/mol. The number of H-pyrrole nitrogens is 1. The minimum Gasteiger partial charge on any atom is -0.374 e. The molecule has 7 nitrogen and oxygen atoms in total. The lowest BCUT2D eigenvalue weighted by atomic mass is 10.1. The minimum atomic E-state index is 0.162. The van der Waals surface area contributed by atoms with Gasteiger partial charge in [0.25, 0.3) is 0 Å². The fourth-order valence-corrected chi connectivity index (χ4v) is 2.15. The van der Waals surface area contributed by atoms with Gasteiger partial charge in [-0.3, -0.25) is 4.79 Å². The third-order valence-corrected chi connectivity index (χ3v) is 3.37. The van der Waals surface area contributed by atoms with Crippen LogP contribution in [0.4, 0.5) is 0 Å². The van der Waals surface area contributed by atoms with E-state index in [9.17, 15) is 4.79 Å². The van der Waals surface area contributed by atoms with Crippen molar-refractivity contribution in [2.45, 2.75) is 39.2 Å². The first-order valence-corrected chi connectivity index (χ1v) is 6.78. The van der Waals surface area contributed by atoms with Gasteiger partial charge in [0.1, 0.15) is 0 Å². The van der Waals surface area contributed by atoms with Gasteiger partial charge in [0.05, 0.1) is 12.7 Å². The first-order chi connectivity index (χ1) is 9.16. The summed E-state index contributed by atoms with van der Waals surface area (Å²) in [6.45, 7) is 6.28. The number of amides is 1. The van der Waals surface area contributed by atoms with E-state index in [1.54, 1.807) is 0 Å². The number of tetrazole rings is 1. The zero-order valence-electron chi connectivity index (χ0n) is 11.5. The summed E-state index contributed by atoms with van der Waals surface area (Å²) in [4.78, 5) is 14.0. The van der Waals surface area contributed by atoms with Gasteiger partial charge in [0.15, 0.2) is 5.82 Å². The molecule has 1 saturated heterocycles. The molecule has 0 spiro atoms. The summed E-state index contributed by atoms with van der Waals surface area (Å²) in [5, 5.41) is 13.6. The highest BCUT2D eigenvalue weighted by molar-refractivity contribution is 5.76. The summed E-state index contributed by atoms with van der Waals surface area (Å²) in [6, 6.07) is 0. The van der Waals surface area contributed by atoms with Gasteiger partial charge in [-0.2, -0.15) is 5.21 Å². The number of morpholine rings is 1. The van der Waals surface area contributed by atoms with E-state index in [1.807, 2.05) is 4.90 Å². The van der Waals surface area contributed by atoms with Crippen molar-refractivity contribution in [2.24, 2.45) is 5.92 Å². The molecule has 19 heavy (non-hydrogen) atoms. The Hall–Kier alpha value is -1.50. The third-order valence-electron chi connectivity index (χ3n) is 3.37. The Morgan fingerprint density at radius 1 is 1.58 bits per heavy atom. The molecule has 1 fully saturated rings. The summed E-state index contributed by atoms with van der Waals surface area (Å²) in [6.07, 6.45) is 2.12. The van der Waals surface area contributed by atoms with E-state index in [2.05, 4.69) is 34.5 Å². The van der Waals surface area contributed by atoms with Gasteiger partial charge >= 0.3 is 0 Å². The van der Waals surface area contributed by atoms with E-state index in [1.165, 1.54) is 0 Å². The van der Waals surface area contributed by atoms with Crippen LogP contribution in [0, 0.1) is 5.92 Å². The number of ether oxygens (including phenoxy) is 1. The maximum atomic E-state index is 12.1. The largest absolute Gasteiger partial charge is 0.374 e. The molecule has 1 unspecified atom stereocenters. The van der Waals surface area contributed by atoms with Crippen LogP contribution in [-0.4, -0.2) is 57.2 Å².